The molecule has 2 rings (SSSR count). The van der Waals surface area contributed by atoms with E-state index in [9.17, 15) is 0 Å². The Balaban J connectivity index is 2.05. The van der Waals surface area contributed by atoms with Gasteiger partial charge in [-0.3, -0.25) is 0 Å². The molecule has 1 atom stereocenters. The molecule has 0 saturated carbocycles. The monoisotopic (exact) mass is 297 g/mol. The maximum atomic E-state index is 6.30. The molecular formula is C16H24ClNO2. The number of rotatable bonds is 6. The summed E-state index contributed by atoms with van der Waals surface area (Å²) in [5.74, 6) is 1.46. The summed E-state index contributed by atoms with van der Waals surface area (Å²) in [4.78, 5) is 0. The zero-order valence-electron chi connectivity index (χ0n) is 12.4. The van der Waals surface area contributed by atoms with Crippen molar-refractivity contribution in [2.24, 2.45) is 0 Å². The van der Waals surface area contributed by atoms with E-state index in [0.717, 1.165) is 30.7 Å². The third-order valence-electron chi connectivity index (χ3n) is 3.59. The summed E-state index contributed by atoms with van der Waals surface area (Å²) in [6.07, 6.45) is 4.45. The summed E-state index contributed by atoms with van der Waals surface area (Å²) in [6, 6.07) is 4.58. The Hall–Kier alpha value is -0.930. The first-order valence-corrected chi connectivity index (χ1v) is 7.93. The lowest BCUT2D eigenvalue weighted by Crippen LogP contribution is -2.27. The largest absolute Gasteiger partial charge is 0.489 e. The second-order valence-electron chi connectivity index (χ2n) is 5.23. The van der Waals surface area contributed by atoms with Crippen LogP contribution in [0.2, 0.25) is 5.02 Å². The topological polar surface area (TPSA) is 30.5 Å². The predicted molar refractivity (Wildman–Crippen MR) is 82.9 cm³/mol. The van der Waals surface area contributed by atoms with Gasteiger partial charge < -0.3 is 14.8 Å². The Morgan fingerprint density at radius 1 is 1.25 bits per heavy atom. The first kappa shape index (κ1) is 15.5. The van der Waals surface area contributed by atoms with E-state index in [4.69, 9.17) is 21.1 Å². The normalized spacial score (nSPS) is 15.8. The molecule has 0 fully saturated rings. The number of halogens is 1. The minimum atomic E-state index is 0.565. The van der Waals surface area contributed by atoms with Gasteiger partial charge in [-0.05, 0) is 30.5 Å². The lowest BCUT2D eigenvalue weighted by Gasteiger charge is -2.17. The zero-order chi connectivity index (χ0) is 14.4. The molecule has 1 unspecified atom stereocenters. The van der Waals surface area contributed by atoms with Gasteiger partial charge in [-0.2, -0.15) is 0 Å². The molecule has 0 aromatic heterocycles. The molecule has 0 saturated heterocycles. The Morgan fingerprint density at radius 3 is 2.80 bits per heavy atom. The van der Waals surface area contributed by atoms with Crippen molar-refractivity contribution in [1.82, 2.24) is 5.32 Å². The quantitative estimate of drug-likeness (QED) is 0.855. The van der Waals surface area contributed by atoms with Crippen LogP contribution in [0.3, 0.4) is 0 Å². The molecule has 1 N–H and O–H groups in total. The lowest BCUT2D eigenvalue weighted by molar-refractivity contribution is 0.297. The van der Waals surface area contributed by atoms with E-state index < -0.39 is 0 Å². The van der Waals surface area contributed by atoms with E-state index in [1.807, 2.05) is 12.1 Å². The zero-order valence-corrected chi connectivity index (χ0v) is 13.1. The van der Waals surface area contributed by atoms with E-state index in [1.165, 1.54) is 12.8 Å². The average molecular weight is 298 g/mol. The molecule has 0 amide bonds. The van der Waals surface area contributed by atoms with Crippen LogP contribution in [0, 0.1) is 0 Å². The predicted octanol–water partition coefficient (Wildman–Crippen LogP) is 4.17. The van der Waals surface area contributed by atoms with E-state index in [2.05, 4.69) is 19.2 Å². The fraction of sp³-hybridized carbons (Fsp3) is 0.625. The highest BCUT2D eigenvalue weighted by Crippen LogP contribution is 2.37. The number of hydrogen-bond acceptors (Lipinski definition) is 3. The van der Waals surface area contributed by atoms with Crippen molar-refractivity contribution in [2.45, 2.75) is 52.1 Å². The fourth-order valence-electron chi connectivity index (χ4n) is 2.45. The highest BCUT2D eigenvalue weighted by atomic mass is 35.5. The van der Waals surface area contributed by atoms with Gasteiger partial charge >= 0.3 is 0 Å². The van der Waals surface area contributed by atoms with Crippen LogP contribution in [0.1, 0.15) is 45.1 Å². The van der Waals surface area contributed by atoms with Crippen molar-refractivity contribution in [1.29, 1.82) is 0 Å². The van der Waals surface area contributed by atoms with Gasteiger partial charge in [0.1, 0.15) is 0 Å². The minimum absolute atomic E-state index is 0.565. The Bertz CT molecular complexity index is 437. The van der Waals surface area contributed by atoms with Crippen LogP contribution < -0.4 is 14.8 Å². The van der Waals surface area contributed by atoms with E-state index in [-0.39, 0.29) is 0 Å². The van der Waals surface area contributed by atoms with Crippen molar-refractivity contribution in [2.75, 3.05) is 13.2 Å². The molecule has 1 heterocycles. The second-order valence-corrected chi connectivity index (χ2v) is 5.64. The van der Waals surface area contributed by atoms with E-state index in [1.54, 1.807) is 0 Å². The molecule has 112 valence electrons. The van der Waals surface area contributed by atoms with Crippen LogP contribution in [0.15, 0.2) is 12.1 Å². The SMILES string of the molecule is CCCC(CC)NCc1cc(Cl)c2c(c1)OCCCO2. The maximum Gasteiger partial charge on any atom is 0.179 e. The number of ether oxygens (including phenoxy) is 2. The van der Waals surface area contributed by atoms with Gasteiger partial charge in [-0.15, -0.1) is 0 Å². The Kier molecular flexibility index (Phi) is 5.99. The molecule has 1 aliphatic heterocycles. The Labute approximate surface area is 126 Å². The molecule has 0 bridgehead atoms. The highest BCUT2D eigenvalue weighted by Gasteiger charge is 2.15. The summed E-state index contributed by atoms with van der Waals surface area (Å²) < 4.78 is 11.4. The first-order valence-electron chi connectivity index (χ1n) is 7.56. The summed E-state index contributed by atoms with van der Waals surface area (Å²) in [6.45, 7) is 6.60. The number of hydrogen-bond donors (Lipinski definition) is 1. The molecular weight excluding hydrogens is 274 g/mol. The lowest BCUT2D eigenvalue weighted by atomic mass is 10.1. The standard InChI is InChI=1S/C16H24ClNO2/c1-3-6-13(4-2)18-11-12-9-14(17)16-15(10-12)19-7-5-8-20-16/h9-10,13,18H,3-8,11H2,1-2H3. The van der Waals surface area contributed by atoms with Gasteiger partial charge in [0.25, 0.3) is 0 Å². The van der Waals surface area contributed by atoms with Crippen molar-refractivity contribution >= 4 is 11.6 Å². The van der Waals surface area contributed by atoms with Crippen LogP contribution >= 0.6 is 11.6 Å². The molecule has 0 spiro atoms. The second kappa shape index (κ2) is 7.75. The third kappa shape index (κ3) is 4.03. The first-order chi connectivity index (χ1) is 9.74. The molecule has 1 aromatic carbocycles. The van der Waals surface area contributed by atoms with Crippen LogP contribution in [-0.2, 0) is 6.54 Å². The number of nitrogens with one attached hydrogen (secondary N) is 1. The van der Waals surface area contributed by atoms with Crippen molar-refractivity contribution in [3.05, 3.63) is 22.7 Å². The summed E-state index contributed by atoms with van der Waals surface area (Å²) >= 11 is 6.30. The van der Waals surface area contributed by atoms with Crippen LogP contribution in [0.4, 0.5) is 0 Å². The summed E-state index contributed by atoms with van der Waals surface area (Å²) in [7, 11) is 0. The molecule has 0 radical (unpaired) electrons. The van der Waals surface area contributed by atoms with Gasteiger partial charge in [0.2, 0.25) is 0 Å². The van der Waals surface area contributed by atoms with Crippen molar-refractivity contribution < 1.29 is 9.47 Å². The van der Waals surface area contributed by atoms with Gasteiger partial charge in [0.05, 0.1) is 18.2 Å². The number of fused-ring (bicyclic) bond motifs is 1. The highest BCUT2D eigenvalue weighted by molar-refractivity contribution is 6.32. The van der Waals surface area contributed by atoms with Crippen LogP contribution in [0.5, 0.6) is 11.5 Å². The van der Waals surface area contributed by atoms with Crippen LogP contribution in [0.25, 0.3) is 0 Å². The smallest absolute Gasteiger partial charge is 0.179 e. The molecule has 1 aliphatic rings. The van der Waals surface area contributed by atoms with E-state index in [0.29, 0.717) is 30.0 Å². The van der Waals surface area contributed by atoms with Gasteiger partial charge in [0, 0.05) is 19.0 Å². The Morgan fingerprint density at radius 2 is 2.05 bits per heavy atom. The average Bonchev–Trinajstić information content (AvgIpc) is 2.69. The van der Waals surface area contributed by atoms with Crippen LogP contribution in [-0.4, -0.2) is 19.3 Å². The summed E-state index contributed by atoms with van der Waals surface area (Å²) in [5.41, 5.74) is 1.15. The van der Waals surface area contributed by atoms with Crippen molar-refractivity contribution in [3.63, 3.8) is 0 Å². The fourth-order valence-corrected chi connectivity index (χ4v) is 2.74. The minimum Gasteiger partial charge on any atom is -0.489 e. The van der Waals surface area contributed by atoms with Crippen molar-refractivity contribution in [3.8, 4) is 11.5 Å². The number of benzene rings is 1. The molecule has 1 aromatic rings. The van der Waals surface area contributed by atoms with Gasteiger partial charge in [-0.25, -0.2) is 0 Å². The molecule has 0 aliphatic carbocycles. The third-order valence-corrected chi connectivity index (χ3v) is 3.87. The maximum absolute atomic E-state index is 6.30. The summed E-state index contributed by atoms with van der Waals surface area (Å²) in [5, 5.41) is 4.22. The van der Waals surface area contributed by atoms with Gasteiger partial charge in [-0.1, -0.05) is 31.9 Å². The molecule has 20 heavy (non-hydrogen) atoms. The van der Waals surface area contributed by atoms with E-state index >= 15 is 0 Å². The van der Waals surface area contributed by atoms with Gasteiger partial charge in [0.15, 0.2) is 11.5 Å². The molecule has 3 nitrogen and oxygen atoms in total. The molecule has 4 heteroatoms.